The van der Waals surface area contributed by atoms with Gasteiger partial charge < -0.3 is 19.5 Å². The number of amides is 2. The Morgan fingerprint density at radius 1 is 0.791 bits per heavy atom. The van der Waals surface area contributed by atoms with E-state index in [1.165, 1.54) is 20.4 Å². The smallest absolute Gasteiger partial charge is 0.273 e. The zero-order chi connectivity index (χ0) is 30.2. The first-order valence-corrected chi connectivity index (χ1v) is 13.7. The van der Waals surface area contributed by atoms with Crippen LogP contribution in [0.1, 0.15) is 31.8 Å². The van der Waals surface area contributed by atoms with Gasteiger partial charge in [0.05, 0.1) is 31.7 Å². The van der Waals surface area contributed by atoms with Gasteiger partial charge in [-0.2, -0.15) is 5.10 Å². The summed E-state index contributed by atoms with van der Waals surface area (Å²) in [6.07, 6.45) is 1.47. The molecule has 5 aromatic carbocycles. The summed E-state index contributed by atoms with van der Waals surface area (Å²) in [6, 6.07) is 30.8. The number of rotatable bonds is 10. The Bertz CT molecular complexity index is 1820. The first-order valence-electron chi connectivity index (χ1n) is 13.3. The molecule has 0 saturated heterocycles. The number of halogens is 1. The third kappa shape index (κ3) is 6.94. The van der Waals surface area contributed by atoms with Gasteiger partial charge >= 0.3 is 0 Å². The van der Waals surface area contributed by atoms with Crippen molar-refractivity contribution >= 4 is 46.1 Å². The number of ether oxygens (including phenoxy) is 3. The molecule has 8 nitrogen and oxygen atoms in total. The van der Waals surface area contributed by atoms with Crippen molar-refractivity contribution in [1.29, 1.82) is 0 Å². The summed E-state index contributed by atoms with van der Waals surface area (Å²) in [5.74, 6) is 0.532. The van der Waals surface area contributed by atoms with E-state index in [1.54, 1.807) is 60.7 Å². The fourth-order valence-corrected chi connectivity index (χ4v) is 4.69. The van der Waals surface area contributed by atoms with E-state index >= 15 is 0 Å². The van der Waals surface area contributed by atoms with Crippen molar-refractivity contribution in [2.45, 2.75) is 6.61 Å². The summed E-state index contributed by atoms with van der Waals surface area (Å²) in [6.45, 7) is 0.337. The second kappa shape index (κ2) is 13.5. The quantitative estimate of drug-likeness (QED) is 0.133. The first kappa shape index (κ1) is 29.2. The molecule has 0 aliphatic heterocycles. The normalized spacial score (nSPS) is 10.9. The Labute approximate surface area is 253 Å². The standard InChI is InChI=1S/C34H28ClN3O5/c1-41-31-16-14-23(19-32(31)42-2)33(39)37-29-13-6-5-12-28(29)34(40)38-36-20-25-18-26(35)15-17-30(25)43-21-24-10-7-9-22-8-3-4-11-27(22)24/h3-20H,21H2,1-2H3,(H,37,39)(H,38,40)/b36-20+. The zero-order valence-corrected chi connectivity index (χ0v) is 24.2. The monoisotopic (exact) mass is 593 g/mol. The molecule has 9 heteroatoms. The van der Waals surface area contributed by atoms with Crippen LogP contribution in [0.15, 0.2) is 108 Å². The highest BCUT2D eigenvalue weighted by Gasteiger charge is 2.16. The van der Waals surface area contributed by atoms with Gasteiger partial charge in [-0.25, -0.2) is 5.43 Å². The predicted molar refractivity (Wildman–Crippen MR) is 169 cm³/mol. The SMILES string of the molecule is COc1ccc(C(=O)Nc2ccccc2C(=O)N/N=C/c2cc(Cl)ccc2OCc2cccc3ccccc23)cc1OC. The number of carbonyl (C=O) groups is 2. The lowest BCUT2D eigenvalue weighted by Crippen LogP contribution is -2.21. The number of nitrogens with zero attached hydrogens (tertiary/aromatic N) is 1. The largest absolute Gasteiger partial charge is 0.493 e. The van der Waals surface area contributed by atoms with Gasteiger partial charge in [-0.1, -0.05) is 66.2 Å². The van der Waals surface area contributed by atoms with Gasteiger partial charge in [0.2, 0.25) is 0 Å². The van der Waals surface area contributed by atoms with Crippen molar-refractivity contribution in [3.63, 3.8) is 0 Å². The highest BCUT2D eigenvalue weighted by molar-refractivity contribution is 6.31. The summed E-state index contributed by atoms with van der Waals surface area (Å²) in [7, 11) is 3.00. The maximum Gasteiger partial charge on any atom is 0.273 e. The Kier molecular flexibility index (Phi) is 9.19. The second-order valence-electron chi connectivity index (χ2n) is 9.38. The van der Waals surface area contributed by atoms with Crippen molar-refractivity contribution < 1.29 is 23.8 Å². The van der Waals surface area contributed by atoms with Crippen LogP contribution in [0, 0.1) is 0 Å². The number of para-hydroxylation sites is 1. The third-order valence-corrected chi connectivity index (χ3v) is 6.91. The van der Waals surface area contributed by atoms with Gasteiger partial charge in [-0.3, -0.25) is 9.59 Å². The van der Waals surface area contributed by atoms with E-state index in [-0.39, 0.29) is 5.56 Å². The topological polar surface area (TPSA) is 98.2 Å². The molecule has 0 heterocycles. The number of fused-ring (bicyclic) bond motifs is 1. The van der Waals surface area contributed by atoms with Gasteiger partial charge in [0.1, 0.15) is 12.4 Å². The van der Waals surface area contributed by atoms with Crippen molar-refractivity contribution in [3.05, 3.63) is 130 Å². The summed E-state index contributed by atoms with van der Waals surface area (Å²) >= 11 is 6.25. The Morgan fingerprint density at radius 2 is 1.53 bits per heavy atom. The van der Waals surface area contributed by atoms with Crippen LogP contribution in [-0.2, 0) is 6.61 Å². The highest BCUT2D eigenvalue weighted by Crippen LogP contribution is 2.28. The molecule has 216 valence electrons. The number of anilines is 1. The van der Waals surface area contributed by atoms with E-state index < -0.39 is 11.8 Å². The maximum atomic E-state index is 13.1. The van der Waals surface area contributed by atoms with E-state index in [0.29, 0.717) is 45.7 Å². The van der Waals surface area contributed by atoms with E-state index in [9.17, 15) is 9.59 Å². The highest BCUT2D eigenvalue weighted by atomic mass is 35.5. The lowest BCUT2D eigenvalue weighted by molar-refractivity contribution is 0.0956. The van der Waals surface area contributed by atoms with E-state index in [2.05, 4.69) is 34.0 Å². The predicted octanol–water partition coefficient (Wildman–Crippen LogP) is 7.11. The lowest BCUT2D eigenvalue weighted by Gasteiger charge is -2.12. The number of hydrogen-bond acceptors (Lipinski definition) is 6. The Balaban J connectivity index is 1.28. The third-order valence-electron chi connectivity index (χ3n) is 6.67. The molecule has 0 aliphatic carbocycles. The second-order valence-corrected chi connectivity index (χ2v) is 9.81. The molecule has 5 aromatic rings. The molecule has 5 rings (SSSR count). The van der Waals surface area contributed by atoms with Crippen LogP contribution in [0.2, 0.25) is 5.02 Å². The van der Waals surface area contributed by atoms with Gasteiger partial charge in [-0.05, 0) is 64.9 Å². The molecule has 0 spiro atoms. The minimum absolute atomic E-state index is 0.229. The molecule has 0 bridgehead atoms. The maximum absolute atomic E-state index is 13.1. The van der Waals surface area contributed by atoms with E-state index in [1.807, 2.05) is 24.3 Å². The van der Waals surface area contributed by atoms with Crippen molar-refractivity contribution in [2.75, 3.05) is 19.5 Å². The van der Waals surface area contributed by atoms with Gasteiger partial charge in [0.25, 0.3) is 11.8 Å². The average Bonchev–Trinajstić information content (AvgIpc) is 3.04. The van der Waals surface area contributed by atoms with Crippen LogP contribution in [0.5, 0.6) is 17.2 Å². The molecule has 0 unspecified atom stereocenters. The molecule has 0 fully saturated rings. The van der Waals surface area contributed by atoms with E-state index in [4.69, 9.17) is 25.8 Å². The number of carbonyl (C=O) groups excluding carboxylic acids is 2. The molecule has 0 aliphatic rings. The molecule has 0 aromatic heterocycles. The van der Waals surface area contributed by atoms with Gasteiger partial charge in [-0.15, -0.1) is 0 Å². The zero-order valence-electron chi connectivity index (χ0n) is 23.5. The summed E-state index contributed by atoms with van der Waals surface area (Å²) < 4.78 is 16.7. The van der Waals surface area contributed by atoms with E-state index in [0.717, 1.165) is 16.3 Å². The summed E-state index contributed by atoms with van der Waals surface area (Å²) in [5.41, 5.74) is 5.03. The fourth-order valence-electron chi connectivity index (χ4n) is 4.51. The molecule has 2 amide bonds. The Morgan fingerprint density at radius 3 is 2.37 bits per heavy atom. The van der Waals surface area contributed by atoms with Crippen molar-refractivity contribution in [3.8, 4) is 17.2 Å². The molecule has 43 heavy (non-hydrogen) atoms. The molecule has 2 N–H and O–H groups in total. The van der Waals surface area contributed by atoms with Crippen LogP contribution >= 0.6 is 11.6 Å². The van der Waals surface area contributed by atoms with Gasteiger partial charge in [0.15, 0.2) is 11.5 Å². The Hall–Kier alpha value is -5.34. The number of methoxy groups -OCH3 is 2. The number of nitrogens with one attached hydrogen (secondary N) is 2. The average molecular weight is 594 g/mol. The summed E-state index contributed by atoms with van der Waals surface area (Å²) in [5, 5.41) is 9.65. The van der Waals surface area contributed by atoms with Crippen LogP contribution in [0.25, 0.3) is 10.8 Å². The molecular weight excluding hydrogens is 566 g/mol. The first-order chi connectivity index (χ1) is 21.0. The molecule has 0 atom stereocenters. The van der Waals surface area contributed by atoms with Crippen LogP contribution in [-0.4, -0.2) is 32.2 Å². The molecule has 0 radical (unpaired) electrons. The van der Waals surface area contributed by atoms with Crippen LogP contribution in [0.3, 0.4) is 0 Å². The number of hydrazone groups is 1. The number of benzene rings is 5. The van der Waals surface area contributed by atoms with Gasteiger partial charge in [0, 0.05) is 16.1 Å². The minimum Gasteiger partial charge on any atom is -0.493 e. The summed E-state index contributed by atoms with van der Waals surface area (Å²) in [4.78, 5) is 26.0. The fraction of sp³-hybridized carbons (Fsp3) is 0.0882. The van der Waals surface area contributed by atoms with Crippen LogP contribution < -0.4 is 25.0 Å². The minimum atomic E-state index is -0.514. The molecule has 0 saturated carbocycles. The molecular formula is C34H28ClN3O5. The lowest BCUT2D eigenvalue weighted by atomic mass is 10.1. The van der Waals surface area contributed by atoms with Crippen LogP contribution in [0.4, 0.5) is 5.69 Å². The van der Waals surface area contributed by atoms with Crippen molar-refractivity contribution in [1.82, 2.24) is 5.43 Å². The number of hydrogen-bond donors (Lipinski definition) is 2. The van der Waals surface area contributed by atoms with Crippen molar-refractivity contribution in [2.24, 2.45) is 5.10 Å².